The highest BCUT2D eigenvalue weighted by atomic mass is 19.4. The average Bonchev–Trinajstić information content (AvgIpc) is 3.46. The molecule has 4 heterocycles. The Hall–Kier alpha value is -4.00. The van der Waals surface area contributed by atoms with Gasteiger partial charge < -0.3 is 24.6 Å². The van der Waals surface area contributed by atoms with Crippen molar-refractivity contribution in [2.45, 2.75) is 45.0 Å². The van der Waals surface area contributed by atoms with Gasteiger partial charge >= 0.3 is 12.1 Å². The van der Waals surface area contributed by atoms with Gasteiger partial charge in [-0.15, -0.1) is 0 Å². The summed E-state index contributed by atoms with van der Waals surface area (Å²) in [6, 6.07) is 10.2. The zero-order valence-corrected chi connectivity index (χ0v) is 20.7. The van der Waals surface area contributed by atoms with Crippen molar-refractivity contribution in [3.63, 3.8) is 0 Å². The molecule has 0 saturated carbocycles. The zero-order chi connectivity index (χ0) is 27.5. The lowest BCUT2D eigenvalue weighted by molar-refractivity contribution is -0.192. The van der Waals surface area contributed by atoms with Crippen molar-refractivity contribution in [2.75, 3.05) is 25.0 Å². The number of aromatic nitrogens is 3. The molecule has 1 unspecified atom stereocenters. The number of hydrogen-bond acceptors (Lipinski definition) is 8. The number of carboxylic acid groups (broad SMARTS) is 1. The third kappa shape index (κ3) is 5.77. The Morgan fingerprint density at radius 2 is 1.92 bits per heavy atom. The maximum atomic E-state index is 13.2. The standard InChI is InChI=1S/C23H25N5O3.C2HF3O2/c1-15-19(16(2)31-27-15)21(29)28-9-8-23(13-28)14-30-12-18-11-25-22(26-20(18)23)24-10-17-6-4-3-5-7-17;3-2(4,5)1(6)7/h3-7,11H,8-10,12-14H2,1-2H3,(H,24,25,26);(H,6,7). The predicted molar refractivity (Wildman–Crippen MR) is 127 cm³/mol. The van der Waals surface area contributed by atoms with Gasteiger partial charge in [-0.05, 0) is 25.8 Å². The van der Waals surface area contributed by atoms with Gasteiger partial charge in [0, 0.05) is 31.4 Å². The van der Waals surface area contributed by atoms with E-state index in [-0.39, 0.29) is 11.3 Å². The fraction of sp³-hybridized carbons (Fsp3) is 0.400. The first kappa shape index (κ1) is 27.0. The molecular formula is C25H26F3N5O5. The molecule has 1 atom stereocenters. The molecule has 1 fully saturated rings. The molecule has 2 aromatic heterocycles. The molecule has 0 aliphatic carbocycles. The molecule has 1 aromatic carbocycles. The lowest BCUT2D eigenvalue weighted by atomic mass is 9.80. The fourth-order valence-electron chi connectivity index (χ4n) is 4.56. The number of alkyl halides is 3. The highest BCUT2D eigenvalue weighted by Gasteiger charge is 2.47. The molecule has 202 valence electrons. The van der Waals surface area contributed by atoms with E-state index in [1.165, 1.54) is 5.56 Å². The van der Waals surface area contributed by atoms with Crippen LogP contribution in [0.2, 0.25) is 0 Å². The first-order valence-electron chi connectivity index (χ1n) is 11.7. The second-order valence-electron chi connectivity index (χ2n) is 9.16. The van der Waals surface area contributed by atoms with E-state index >= 15 is 0 Å². The normalized spacial score (nSPS) is 18.5. The van der Waals surface area contributed by atoms with Crippen LogP contribution in [0.15, 0.2) is 41.1 Å². The lowest BCUT2D eigenvalue weighted by Crippen LogP contribution is -2.42. The SMILES string of the molecule is Cc1noc(C)c1C(=O)N1CCC2(COCc3cnc(NCc4ccccc4)nc32)C1.O=C(O)C(F)(F)F. The fourth-order valence-corrected chi connectivity index (χ4v) is 4.56. The minimum atomic E-state index is -5.08. The van der Waals surface area contributed by atoms with Crippen LogP contribution in [-0.2, 0) is 28.1 Å². The van der Waals surface area contributed by atoms with Gasteiger partial charge in [0.2, 0.25) is 5.95 Å². The second kappa shape index (κ2) is 10.8. The third-order valence-corrected chi connectivity index (χ3v) is 6.43. The van der Waals surface area contributed by atoms with Crippen molar-refractivity contribution in [2.24, 2.45) is 0 Å². The van der Waals surface area contributed by atoms with Crippen LogP contribution in [-0.4, -0.2) is 62.9 Å². The van der Waals surface area contributed by atoms with Crippen molar-refractivity contribution < 1.29 is 37.1 Å². The minimum Gasteiger partial charge on any atom is -0.475 e. The predicted octanol–water partition coefficient (Wildman–Crippen LogP) is 3.64. The van der Waals surface area contributed by atoms with Crippen molar-refractivity contribution in [3.8, 4) is 0 Å². The van der Waals surface area contributed by atoms with Crippen molar-refractivity contribution in [1.82, 2.24) is 20.0 Å². The third-order valence-electron chi connectivity index (χ3n) is 6.43. The molecule has 2 aliphatic rings. The van der Waals surface area contributed by atoms with Crippen LogP contribution in [0.4, 0.5) is 19.1 Å². The van der Waals surface area contributed by atoms with E-state index in [0.29, 0.717) is 55.8 Å². The monoisotopic (exact) mass is 533 g/mol. The summed E-state index contributed by atoms with van der Waals surface area (Å²) in [5, 5.41) is 14.4. The minimum absolute atomic E-state index is 0.0447. The van der Waals surface area contributed by atoms with Gasteiger partial charge in [-0.3, -0.25) is 4.79 Å². The van der Waals surface area contributed by atoms with Crippen molar-refractivity contribution in [3.05, 3.63) is 70.4 Å². The summed E-state index contributed by atoms with van der Waals surface area (Å²) in [6.07, 6.45) is -2.44. The molecule has 1 spiro atoms. The van der Waals surface area contributed by atoms with Crippen molar-refractivity contribution in [1.29, 1.82) is 0 Å². The van der Waals surface area contributed by atoms with Gasteiger partial charge in [-0.2, -0.15) is 13.2 Å². The molecule has 38 heavy (non-hydrogen) atoms. The number of anilines is 1. The topological polar surface area (TPSA) is 131 Å². The van der Waals surface area contributed by atoms with Gasteiger partial charge in [0.1, 0.15) is 11.3 Å². The van der Waals surface area contributed by atoms with E-state index in [4.69, 9.17) is 24.1 Å². The van der Waals surface area contributed by atoms with Crippen LogP contribution in [0.25, 0.3) is 0 Å². The van der Waals surface area contributed by atoms with Gasteiger partial charge in [0.25, 0.3) is 5.91 Å². The zero-order valence-electron chi connectivity index (χ0n) is 20.7. The Kier molecular flexibility index (Phi) is 7.67. The number of hydrogen-bond donors (Lipinski definition) is 2. The van der Waals surface area contributed by atoms with E-state index in [2.05, 4.69) is 27.6 Å². The number of carbonyl (C=O) groups is 2. The van der Waals surface area contributed by atoms with Crippen LogP contribution in [0.3, 0.4) is 0 Å². The summed E-state index contributed by atoms with van der Waals surface area (Å²) in [7, 11) is 0. The first-order chi connectivity index (χ1) is 18.0. The summed E-state index contributed by atoms with van der Waals surface area (Å²) in [5.74, 6) is -1.65. The summed E-state index contributed by atoms with van der Waals surface area (Å²) in [4.78, 5) is 33.3. The molecule has 10 nitrogen and oxygen atoms in total. The Labute approximate surface area is 215 Å². The number of likely N-dealkylation sites (tertiary alicyclic amines) is 1. The van der Waals surface area contributed by atoms with Crippen LogP contribution < -0.4 is 5.32 Å². The molecule has 2 N–H and O–H groups in total. The molecule has 0 radical (unpaired) electrons. The highest BCUT2D eigenvalue weighted by Crippen LogP contribution is 2.40. The molecule has 1 saturated heterocycles. The van der Waals surface area contributed by atoms with E-state index in [1.54, 1.807) is 13.8 Å². The van der Waals surface area contributed by atoms with E-state index in [1.807, 2.05) is 29.3 Å². The number of benzene rings is 1. The highest BCUT2D eigenvalue weighted by molar-refractivity contribution is 5.96. The second-order valence-corrected chi connectivity index (χ2v) is 9.16. The quantitative estimate of drug-likeness (QED) is 0.516. The average molecular weight is 534 g/mol. The maximum Gasteiger partial charge on any atom is 0.490 e. The van der Waals surface area contributed by atoms with Crippen LogP contribution in [0, 0.1) is 13.8 Å². The van der Waals surface area contributed by atoms with Crippen LogP contribution in [0.5, 0.6) is 0 Å². The molecule has 1 amide bonds. The van der Waals surface area contributed by atoms with E-state index < -0.39 is 12.1 Å². The number of amides is 1. The molecule has 3 aromatic rings. The maximum absolute atomic E-state index is 13.2. The summed E-state index contributed by atoms with van der Waals surface area (Å²) in [6.45, 7) is 6.46. The van der Waals surface area contributed by atoms with Gasteiger partial charge in [0.05, 0.1) is 30.0 Å². The number of aryl methyl sites for hydroxylation is 2. The van der Waals surface area contributed by atoms with E-state index in [9.17, 15) is 18.0 Å². The molecular weight excluding hydrogens is 507 g/mol. The van der Waals surface area contributed by atoms with Gasteiger partial charge in [-0.1, -0.05) is 35.5 Å². The number of halogens is 3. The summed E-state index contributed by atoms with van der Waals surface area (Å²) < 4.78 is 42.8. The number of aliphatic carboxylic acids is 1. The smallest absolute Gasteiger partial charge is 0.475 e. The Bertz CT molecular complexity index is 1290. The number of nitrogens with one attached hydrogen (secondary N) is 1. The number of ether oxygens (including phenoxy) is 1. The van der Waals surface area contributed by atoms with E-state index in [0.717, 1.165) is 17.7 Å². The van der Waals surface area contributed by atoms with Crippen molar-refractivity contribution >= 4 is 17.8 Å². The molecule has 0 bridgehead atoms. The Morgan fingerprint density at radius 1 is 1.21 bits per heavy atom. The Morgan fingerprint density at radius 3 is 2.55 bits per heavy atom. The number of nitrogens with zero attached hydrogens (tertiary/aromatic N) is 4. The van der Waals surface area contributed by atoms with Crippen LogP contribution in [0.1, 0.15) is 45.1 Å². The number of fused-ring (bicyclic) bond motifs is 2. The largest absolute Gasteiger partial charge is 0.490 e. The van der Waals surface area contributed by atoms with Gasteiger partial charge in [0.15, 0.2) is 0 Å². The summed E-state index contributed by atoms with van der Waals surface area (Å²) in [5.41, 5.74) is 4.00. The number of rotatable bonds is 4. The first-order valence-corrected chi connectivity index (χ1v) is 11.7. The molecule has 13 heteroatoms. The summed E-state index contributed by atoms with van der Waals surface area (Å²) >= 11 is 0. The Balaban J connectivity index is 0.000000426. The van der Waals surface area contributed by atoms with Gasteiger partial charge in [-0.25, -0.2) is 14.8 Å². The molecule has 5 rings (SSSR count). The molecule has 2 aliphatic heterocycles. The van der Waals surface area contributed by atoms with Crippen LogP contribution >= 0.6 is 0 Å². The number of carbonyl (C=O) groups excluding carboxylic acids is 1. The number of carboxylic acids is 1. The lowest BCUT2D eigenvalue weighted by Gasteiger charge is -2.34.